The van der Waals surface area contributed by atoms with Crippen molar-refractivity contribution in [3.05, 3.63) is 66.5 Å². The number of ether oxygens (including phenoxy) is 1. The number of halogens is 1. The molecule has 21 heavy (non-hydrogen) atoms. The van der Waals surface area contributed by atoms with Gasteiger partial charge in [-0.1, -0.05) is 18.2 Å². The topological polar surface area (TPSA) is 39.9 Å². The van der Waals surface area contributed by atoms with Gasteiger partial charge in [0, 0.05) is 5.56 Å². The van der Waals surface area contributed by atoms with E-state index >= 15 is 0 Å². The second-order valence-electron chi connectivity index (χ2n) is 4.64. The lowest BCUT2D eigenvalue weighted by molar-refractivity contribution is 0.416. The molecule has 2 aromatic carbocycles. The molecule has 1 aromatic heterocycles. The molecule has 0 aliphatic heterocycles. The van der Waals surface area contributed by atoms with Gasteiger partial charge in [0.05, 0.1) is 13.7 Å². The molecule has 0 fully saturated rings. The number of rotatable bonds is 4. The third-order valence-electron chi connectivity index (χ3n) is 3.21. The van der Waals surface area contributed by atoms with Crippen LogP contribution in [0.25, 0.3) is 11.1 Å². The van der Waals surface area contributed by atoms with Crippen LogP contribution in [-0.4, -0.2) is 21.9 Å². The van der Waals surface area contributed by atoms with E-state index in [0.29, 0.717) is 12.3 Å². The van der Waals surface area contributed by atoms with Crippen molar-refractivity contribution >= 4 is 0 Å². The van der Waals surface area contributed by atoms with Crippen molar-refractivity contribution in [3.8, 4) is 16.9 Å². The SMILES string of the molecule is COc1ccc(Cn2cncn2)cc1-c1cccc(F)c1. The largest absolute Gasteiger partial charge is 0.496 e. The highest BCUT2D eigenvalue weighted by molar-refractivity contribution is 5.71. The van der Waals surface area contributed by atoms with Gasteiger partial charge in [-0.05, 0) is 35.4 Å². The number of nitrogens with zero attached hydrogens (tertiary/aromatic N) is 3. The smallest absolute Gasteiger partial charge is 0.137 e. The van der Waals surface area contributed by atoms with Gasteiger partial charge in [0.25, 0.3) is 0 Å². The summed E-state index contributed by atoms with van der Waals surface area (Å²) in [7, 11) is 1.61. The van der Waals surface area contributed by atoms with Crippen molar-refractivity contribution in [2.45, 2.75) is 6.54 Å². The van der Waals surface area contributed by atoms with Crippen molar-refractivity contribution in [2.75, 3.05) is 7.11 Å². The maximum atomic E-state index is 13.4. The van der Waals surface area contributed by atoms with Crippen molar-refractivity contribution in [1.29, 1.82) is 0 Å². The van der Waals surface area contributed by atoms with E-state index in [0.717, 1.165) is 16.7 Å². The van der Waals surface area contributed by atoms with Crippen molar-refractivity contribution in [3.63, 3.8) is 0 Å². The highest BCUT2D eigenvalue weighted by Crippen LogP contribution is 2.31. The molecule has 4 nitrogen and oxygen atoms in total. The van der Waals surface area contributed by atoms with Gasteiger partial charge < -0.3 is 4.74 Å². The molecule has 1 heterocycles. The van der Waals surface area contributed by atoms with Crippen LogP contribution in [0.3, 0.4) is 0 Å². The summed E-state index contributed by atoms with van der Waals surface area (Å²) in [4.78, 5) is 3.92. The van der Waals surface area contributed by atoms with Crippen LogP contribution in [0.4, 0.5) is 4.39 Å². The highest BCUT2D eigenvalue weighted by Gasteiger charge is 2.08. The summed E-state index contributed by atoms with van der Waals surface area (Å²) in [5, 5.41) is 4.08. The van der Waals surface area contributed by atoms with Gasteiger partial charge >= 0.3 is 0 Å². The number of benzene rings is 2. The summed E-state index contributed by atoms with van der Waals surface area (Å²) in [6, 6.07) is 12.3. The lowest BCUT2D eigenvalue weighted by atomic mass is 10.0. The molecule has 0 atom stereocenters. The summed E-state index contributed by atoms with van der Waals surface area (Å²) < 4.78 is 20.5. The summed E-state index contributed by atoms with van der Waals surface area (Å²) in [6.07, 6.45) is 3.16. The van der Waals surface area contributed by atoms with Crippen LogP contribution in [0.1, 0.15) is 5.56 Å². The molecule has 0 aliphatic carbocycles. The first-order valence-electron chi connectivity index (χ1n) is 6.51. The van der Waals surface area contributed by atoms with Gasteiger partial charge in [-0.3, -0.25) is 0 Å². The van der Waals surface area contributed by atoms with E-state index in [4.69, 9.17) is 4.74 Å². The fraction of sp³-hybridized carbons (Fsp3) is 0.125. The molecule has 0 saturated carbocycles. The zero-order valence-electron chi connectivity index (χ0n) is 11.5. The molecule has 0 spiro atoms. The van der Waals surface area contributed by atoms with E-state index in [1.807, 2.05) is 24.3 Å². The van der Waals surface area contributed by atoms with Gasteiger partial charge in [-0.25, -0.2) is 14.1 Å². The van der Waals surface area contributed by atoms with Crippen molar-refractivity contribution < 1.29 is 9.13 Å². The molecular formula is C16H14FN3O. The molecular weight excluding hydrogens is 269 g/mol. The molecule has 0 amide bonds. The Kier molecular flexibility index (Phi) is 3.64. The summed E-state index contributed by atoms with van der Waals surface area (Å²) >= 11 is 0. The monoisotopic (exact) mass is 283 g/mol. The number of hydrogen-bond acceptors (Lipinski definition) is 3. The summed E-state index contributed by atoms with van der Waals surface area (Å²) in [5.41, 5.74) is 2.68. The minimum atomic E-state index is -0.267. The first kappa shape index (κ1) is 13.3. The van der Waals surface area contributed by atoms with Crippen molar-refractivity contribution in [2.24, 2.45) is 0 Å². The van der Waals surface area contributed by atoms with E-state index in [9.17, 15) is 4.39 Å². The molecule has 0 unspecified atom stereocenters. The zero-order valence-corrected chi connectivity index (χ0v) is 11.5. The predicted octanol–water partition coefficient (Wildman–Crippen LogP) is 3.14. The minimum absolute atomic E-state index is 0.267. The van der Waals surface area contributed by atoms with Crippen LogP contribution in [0, 0.1) is 5.82 Å². The first-order chi connectivity index (χ1) is 10.3. The van der Waals surface area contributed by atoms with Crippen LogP contribution in [-0.2, 0) is 6.54 Å². The van der Waals surface area contributed by atoms with Crippen LogP contribution >= 0.6 is 0 Å². The maximum absolute atomic E-state index is 13.4. The number of hydrogen-bond donors (Lipinski definition) is 0. The maximum Gasteiger partial charge on any atom is 0.137 e. The highest BCUT2D eigenvalue weighted by atomic mass is 19.1. The number of methoxy groups -OCH3 is 1. The molecule has 3 rings (SSSR count). The van der Waals surface area contributed by atoms with Crippen LogP contribution in [0.5, 0.6) is 5.75 Å². The predicted molar refractivity (Wildman–Crippen MR) is 77.5 cm³/mol. The summed E-state index contributed by atoms with van der Waals surface area (Å²) in [5.74, 6) is 0.444. The normalized spacial score (nSPS) is 10.6. The quantitative estimate of drug-likeness (QED) is 0.738. The second kappa shape index (κ2) is 5.75. The number of aromatic nitrogens is 3. The van der Waals surface area contributed by atoms with Gasteiger partial charge in [0.2, 0.25) is 0 Å². The standard InChI is InChI=1S/C16H14FN3O/c1-21-16-6-5-12(9-20-11-18-10-19-20)7-15(16)13-3-2-4-14(17)8-13/h2-8,10-11H,9H2,1H3. The van der Waals surface area contributed by atoms with E-state index in [1.54, 1.807) is 24.2 Å². The molecule has 106 valence electrons. The first-order valence-corrected chi connectivity index (χ1v) is 6.51. The zero-order chi connectivity index (χ0) is 14.7. The van der Waals surface area contributed by atoms with Gasteiger partial charge in [-0.15, -0.1) is 0 Å². The Hall–Kier alpha value is -2.69. The van der Waals surface area contributed by atoms with E-state index in [1.165, 1.54) is 18.5 Å². The van der Waals surface area contributed by atoms with Crippen LogP contribution in [0.15, 0.2) is 55.1 Å². The van der Waals surface area contributed by atoms with E-state index in [-0.39, 0.29) is 5.82 Å². The fourth-order valence-electron chi connectivity index (χ4n) is 2.24. The molecule has 0 radical (unpaired) electrons. The average Bonchev–Trinajstić information content (AvgIpc) is 3.00. The van der Waals surface area contributed by atoms with Gasteiger partial charge in [-0.2, -0.15) is 5.10 Å². The Balaban J connectivity index is 2.01. The van der Waals surface area contributed by atoms with Gasteiger partial charge in [0.1, 0.15) is 24.2 Å². The molecule has 0 aliphatic rings. The van der Waals surface area contributed by atoms with Crippen LogP contribution < -0.4 is 4.74 Å². The second-order valence-corrected chi connectivity index (χ2v) is 4.64. The molecule has 0 N–H and O–H groups in total. The Morgan fingerprint density at radius 2 is 2.10 bits per heavy atom. The minimum Gasteiger partial charge on any atom is -0.496 e. The Morgan fingerprint density at radius 3 is 2.81 bits per heavy atom. The third-order valence-corrected chi connectivity index (χ3v) is 3.21. The van der Waals surface area contributed by atoms with Crippen molar-refractivity contribution in [1.82, 2.24) is 14.8 Å². The Bertz CT molecular complexity index is 741. The Morgan fingerprint density at radius 1 is 1.19 bits per heavy atom. The summed E-state index contributed by atoms with van der Waals surface area (Å²) in [6.45, 7) is 0.603. The van der Waals surface area contributed by atoms with E-state index in [2.05, 4.69) is 10.1 Å². The van der Waals surface area contributed by atoms with Gasteiger partial charge in [0.15, 0.2) is 0 Å². The molecule has 3 aromatic rings. The molecule has 5 heteroatoms. The lowest BCUT2D eigenvalue weighted by Gasteiger charge is -2.11. The average molecular weight is 283 g/mol. The van der Waals surface area contributed by atoms with E-state index < -0.39 is 0 Å². The third kappa shape index (κ3) is 2.91. The molecule has 0 bridgehead atoms. The van der Waals surface area contributed by atoms with Crippen LogP contribution in [0.2, 0.25) is 0 Å². The molecule has 0 saturated heterocycles. The Labute approximate surface area is 121 Å². The fourth-order valence-corrected chi connectivity index (χ4v) is 2.24. The lowest BCUT2D eigenvalue weighted by Crippen LogP contribution is -2.00.